The summed E-state index contributed by atoms with van der Waals surface area (Å²) in [5.41, 5.74) is 6.23. The molecule has 0 radical (unpaired) electrons. The number of anilines is 3. The Morgan fingerprint density at radius 1 is 0.545 bits per heavy atom. The van der Waals surface area contributed by atoms with Gasteiger partial charge < -0.3 is 4.90 Å². The maximum Gasteiger partial charge on any atom is 0.0461 e. The van der Waals surface area contributed by atoms with Crippen molar-refractivity contribution in [1.29, 1.82) is 0 Å². The van der Waals surface area contributed by atoms with Crippen LogP contribution < -0.4 is 4.90 Å². The number of hydrogen-bond acceptors (Lipinski definition) is 2. The summed E-state index contributed by atoms with van der Waals surface area (Å²) in [6, 6.07) is 34.2. The van der Waals surface area contributed by atoms with E-state index in [2.05, 4.69) is 161 Å². The molecule has 0 atom stereocenters. The van der Waals surface area contributed by atoms with E-state index in [0.29, 0.717) is 0 Å². The van der Waals surface area contributed by atoms with Crippen molar-refractivity contribution in [3.63, 3.8) is 0 Å². The minimum Gasteiger partial charge on any atom is -0.311 e. The summed E-state index contributed by atoms with van der Waals surface area (Å²) < 4.78 is 0. The van der Waals surface area contributed by atoms with Gasteiger partial charge in [0.05, 0.1) is 0 Å². The first kappa shape index (κ1) is 26.8. The Kier molecular flexibility index (Phi) is 11.3. The second kappa shape index (κ2) is 13.9. The van der Waals surface area contributed by atoms with E-state index < -0.39 is 6.94 Å². The topological polar surface area (TPSA) is 16.1 Å². The molecule has 0 saturated heterocycles. The van der Waals surface area contributed by atoms with Gasteiger partial charge in [-0.3, -0.25) is 4.98 Å². The van der Waals surface area contributed by atoms with Gasteiger partial charge in [-0.25, -0.2) is 0 Å². The molecule has 4 rings (SSSR count). The summed E-state index contributed by atoms with van der Waals surface area (Å²) in [5.74, 6) is 0. The molecule has 2 nitrogen and oxygen atoms in total. The molecule has 4 aromatic rings. The van der Waals surface area contributed by atoms with Crippen LogP contribution in [0.3, 0.4) is 0 Å². The van der Waals surface area contributed by atoms with Crippen LogP contribution in [0.4, 0.5) is 17.1 Å². The molecule has 0 N–H and O–H groups in total. The quantitative estimate of drug-likeness (QED) is 0.175. The molecule has 0 aliphatic carbocycles. The van der Waals surface area contributed by atoms with Crippen LogP contribution in [0.2, 0.25) is 0 Å². The van der Waals surface area contributed by atoms with Gasteiger partial charge in [-0.05, 0) is 78.9 Å². The first-order valence-corrected chi connectivity index (χ1v) is 38.6. The Morgan fingerprint density at radius 3 is 1.39 bits per heavy atom. The van der Waals surface area contributed by atoms with E-state index in [1.54, 1.807) is 0 Å². The first-order chi connectivity index (χ1) is 15.9. The number of nitrogens with zero attached hydrogens (tertiary/aromatic N) is 2. The average Bonchev–Trinajstić information content (AvgIpc) is 2.81. The number of aromatic nitrogens is 1. The minimum atomic E-state index is -2.00. The van der Waals surface area contributed by atoms with Crippen molar-refractivity contribution in [3.8, 4) is 0 Å². The number of hydrogen-bond donors (Lipinski definition) is 0. The van der Waals surface area contributed by atoms with E-state index in [0.717, 1.165) is 19.3 Å². The Labute approximate surface area is 226 Å². The zero-order chi connectivity index (χ0) is 23.5. The van der Waals surface area contributed by atoms with Crippen LogP contribution in [0.25, 0.3) is 0 Å². The van der Waals surface area contributed by atoms with E-state index in [1.165, 1.54) is 28.2 Å². The molecular formula is C26H24Br4N2Zn. The van der Waals surface area contributed by atoms with E-state index in [1.807, 2.05) is 12.4 Å². The van der Waals surface area contributed by atoms with Gasteiger partial charge >= 0.3 is 61.4 Å². The van der Waals surface area contributed by atoms with Gasteiger partial charge in [0.2, 0.25) is 0 Å². The van der Waals surface area contributed by atoms with E-state index >= 15 is 0 Å². The van der Waals surface area contributed by atoms with Crippen LogP contribution >= 0.6 is 54.5 Å². The molecule has 0 amide bonds. The number of pyridine rings is 1. The molecule has 0 aliphatic rings. The van der Waals surface area contributed by atoms with Crippen molar-refractivity contribution in [1.82, 2.24) is 4.98 Å². The predicted molar refractivity (Wildman–Crippen MR) is 153 cm³/mol. The van der Waals surface area contributed by atoms with E-state index in [9.17, 15) is 0 Å². The summed E-state index contributed by atoms with van der Waals surface area (Å²) in [6.07, 6.45) is 7.05. The van der Waals surface area contributed by atoms with E-state index in [-0.39, 0.29) is 0 Å². The minimum absolute atomic E-state index is 1.08. The molecule has 3 aromatic carbocycles. The van der Waals surface area contributed by atoms with Crippen LogP contribution in [0.5, 0.6) is 0 Å². The molecule has 1 heterocycles. The van der Waals surface area contributed by atoms with Crippen molar-refractivity contribution < 1.29 is 6.94 Å². The zero-order valence-electron chi connectivity index (χ0n) is 18.1. The maximum atomic E-state index is 4.08. The van der Waals surface area contributed by atoms with Gasteiger partial charge in [-0.15, -0.1) is 0 Å². The summed E-state index contributed by atoms with van der Waals surface area (Å²) >= 11 is 13.4. The third-order valence-electron chi connectivity index (χ3n) is 4.90. The zero-order valence-corrected chi connectivity index (χ0v) is 27.4. The molecule has 0 unspecified atom stereocenters. The number of para-hydroxylation sites is 2. The molecule has 0 fully saturated rings. The van der Waals surface area contributed by atoms with Crippen LogP contribution in [-0.2, 0) is 19.8 Å². The molecule has 0 saturated carbocycles. The van der Waals surface area contributed by atoms with Crippen molar-refractivity contribution in [2.45, 2.75) is 19.3 Å². The molecular weight excluding hydrogens is 725 g/mol. The van der Waals surface area contributed by atoms with Gasteiger partial charge in [0.15, 0.2) is 0 Å². The fourth-order valence-corrected chi connectivity index (χ4v) is 3.46. The average molecular weight is 749 g/mol. The standard InChI is InChI=1S/C26H24N2.4BrH.Zn/c1-3-10-24(11-4-1)28(25-12-5-2-6-13-25)26-16-14-22(15-17-26)8-7-9-23-18-20-27-21-19-23;;;;;/h1-6,10-21H,7-9H2;4*1H;/q;;;;;+4/p-4. The fourth-order valence-electron chi connectivity index (χ4n) is 3.46. The maximum absolute atomic E-state index is 4.08. The first-order valence-electron chi connectivity index (χ1n) is 10.9. The molecule has 33 heavy (non-hydrogen) atoms. The third-order valence-corrected chi connectivity index (χ3v) is 4.90. The summed E-state index contributed by atoms with van der Waals surface area (Å²) in [7, 11) is 0. The largest absolute Gasteiger partial charge is 0.311 e. The second-order valence-electron chi connectivity index (χ2n) is 7.49. The molecule has 0 spiro atoms. The van der Waals surface area contributed by atoms with Gasteiger partial charge in [0.25, 0.3) is 0 Å². The van der Waals surface area contributed by atoms with Gasteiger partial charge in [0.1, 0.15) is 0 Å². The molecule has 0 aliphatic heterocycles. The third kappa shape index (κ3) is 10.1. The van der Waals surface area contributed by atoms with Crippen molar-refractivity contribution in [3.05, 3.63) is 121 Å². The summed E-state index contributed by atoms with van der Waals surface area (Å²) in [4.78, 5) is 6.38. The monoisotopic (exact) mass is 744 g/mol. The molecule has 7 heteroatoms. The number of halogens is 4. The molecule has 1 aromatic heterocycles. The van der Waals surface area contributed by atoms with Crippen molar-refractivity contribution in [2.75, 3.05) is 4.90 Å². The van der Waals surface area contributed by atoms with Gasteiger partial charge in [-0.1, -0.05) is 48.5 Å². The van der Waals surface area contributed by atoms with Gasteiger partial charge in [0, 0.05) is 29.5 Å². The second-order valence-corrected chi connectivity index (χ2v) is 91.9. The summed E-state index contributed by atoms with van der Waals surface area (Å²) in [5, 5.41) is 0. The van der Waals surface area contributed by atoms with Crippen LogP contribution in [0, 0.1) is 0 Å². The Morgan fingerprint density at radius 2 is 0.939 bits per heavy atom. The molecule has 168 valence electrons. The smallest absolute Gasteiger partial charge is 0.0461 e. The number of rotatable bonds is 7. The van der Waals surface area contributed by atoms with Crippen LogP contribution in [0.15, 0.2) is 109 Å². The van der Waals surface area contributed by atoms with Crippen LogP contribution in [-0.4, -0.2) is 4.98 Å². The fraction of sp³-hybridized carbons (Fsp3) is 0.115. The molecule has 0 bridgehead atoms. The van der Waals surface area contributed by atoms with Gasteiger partial charge in [-0.2, -0.15) is 0 Å². The predicted octanol–water partition coefficient (Wildman–Crippen LogP) is 10.1. The van der Waals surface area contributed by atoms with Crippen molar-refractivity contribution in [2.24, 2.45) is 0 Å². The summed E-state index contributed by atoms with van der Waals surface area (Å²) in [6.45, 7) is -2.00. The Hall–Kier alpha value is -0.847. The van der Waals surface area contributed by atoms with Crippen LogP contribution in [0.1, 0.15) is 17.5 Å². The number of aryl methyl sites for hydroxylation is 2. The Balaban J connectivity index is 0.000000555. The number of benzene rings is 3. The Bertz CT molecular complexity index is 1030. The van der Waals surface area contributed by atoms with E-state index in [4.69, 9.17) is 0 Å². The normalized spacial score (nSPS) is 10.3. The SMILES string of the molecule is [Br][Zn]([Br])([Br])[Br].c1ccc(N(c2ccccc2)c2ccc(CCCc3ccncc3)cc2)cc1. The van der Waals surface area contributed by atoms with Crippen molar-refractivity contribution >= 4 is 71.6 Å².